The minimum Gasteiger partial charge on any atom is -0.569 e. The SMILES string of the molecule is CCC(=O)OCO/N=[N+](/[O-])N1CCCC(C(=O)NS(=O)(=O)c2ccc(-n3nc(C(F)(F)F)cc3-c3ccc(C)cc3)cc2)C1. The number of aryl methyl sites for hydroxylation is 1. The Morgan fingerprint density at radius 2 is 1.84 bits per heavy atom. The summed E-state index contributed by atoms with van der Waals surface area (Å²) in [5.74, 6) is -2.29. The molecule has 0 aliphatic carbocycles. The summed E-state index contributed by atoms with van der Waals surface area (Å²) in [5.41, 5.74) is 0.578. The highest BCUT2D eigenvalue weighted by Crippen LogP contribution is 2.33. The highest BCUT2D eigenvalue weighted by atomic mass is 32.2. The average Bonchev–Trinajstić information content (AvgIpc) is 3.46. The van der Waals surface area contributed by atoms with E-state index in [-0.39, 0.29) is 40.8 Å². The predicted molar refractivity (Wildman–Crippen MR) is 147 cm³/mol. The fourth-order valence-corrected chi connectivity index (χ4v) is 5.38. The van der Waals surface area contributed by atoms with Crippen LogP contribution in [0.15, 0.2) is 64.8 Å². The Morgan fingerprint density at radius 1 is 1.16 bits per heavy atom. The number of amides is 1. The van der Waals surface area contributed by atoms with Gasteiger partial charge < -0.3 is 14.8 Å². The Hall–Kier alpha value is -4.67. The van der Waals surface area contributed by atoms with Gasteiger partial charge in [-0.3, -0.25) is 9.59 Å². The molecule has 0 radical (unpaired) electrons. The minimum absolute atomic E-state index is 0.0940. The van der Waals surface area contributed by atoms with Gasteiger partial charge in [0.25, 0.3) is 16.8 Å². The lowest BCUT2D eigenvalue weighted by molar-refractivity contribution is -0.714. The second-order valence-electron chi connectivity index (χ2n) is 9.86. The van der Waals surface area contributed by atoms with E-state index in [2.05, 4.69) is 20.0 Å². The molecule has 1 N–H and O–H groups in total. The van der Waals surface area contributed by atoms with E-state index >= 15 is 0 Å². The van der Waals surface area contributed by atoms with E-state index in [4.69, 9.17) is 0 Å². The van der Waals surface area contributed by atoms with E-state index in [1.54, 1.807) is 31.2 Å². The van der Waals surface area contributed by atoms with E-state index < -0.39 is 46.5 Å². The van der Waals surface area contributed by atoms with Crippen molar-refractivity contribution in [1.82, 2.24) is 19.5 Å². The Labute approximate surface area is 250 Å². The number of carbonyl (C=O) groups is 2. The lowest BCUT2D eigenvalue weighted by Crippen LogP contribution is -2.46. The third-order valence-electron chi connectivity index (χ3n) is 6.68. The number of nitrogens with one attached hydrogen (secondary N) is 1. The maximum Gasteiger partial charge on any atom is 0.435 e. The summed E-state index contributed by atoms with van der Waals surface area (Å²) in [4.78, 5) is 28.4. The molecule has 2 heterocycles. The monoisotopic (exact) mass is 638 g/mol. The van der Waals surface area contributed by atoms with Crippen LogP contribution < -0.4 is 4.72 Å². The van der Waals surface area contributed by atoms with Crippen molar-refractivity contribution in [3.05, 3.63) is 71.1 Å². The van der Waals surface area contributed by atoms with Crippen LogP contribution in [0.2, 0.25) is 0 Å². The molecule has 1 aliphatic heterocycles. The lowest BCUT2D eigenvalue weighted by atomic mass is 9.99. The third kappa shape index (κ3) is 7.83. The molecule has 13 nitrogen and oxygen atoms in total. The van der Waals surface area contributed by atoms with Crippen molar-refractivity contribution in [1.29, 1.82) is 0 Å². The zero-order chi connectivity index (χ0) is 32.1. The van der Waals surface area contributed by atoms with Crippen LogP contribution in [0.3, 0.4) is 0 Å². The van der Waals surface area contributed by atoms with Crippen LogP contribution in [0.4, 0.5) is 13.2 Å². The van der Waals surface area contributed by atoms with Crippen molar-refractivity contribution < 1.29 is 45.7 Å². The van der Waals surface area contributed by atoms with Gasteiger partial charge in [0.2, 0.25) is 11.2 Å². The van der Waals surface area contributed by atoms with Gasteiger partial charge in [0.15, 0.2) is 5.69 Å². The van der Waals surface area contributed by atoms with Gasteiger partial charge >= 0.3 is 12.1 Å². The van der Waals surface area contributed by atoms with Crippen LogP contribution in [0.25, 0.3) is 16.9 Å². The summed E-state index contributed by atoms with van der Waals surface area (Å²) in [6, 6.07) is 12.6. The zero-order valence-corrected chi connectivity index (χ0v) is 24.5. The first kappa shape index (κ1) is 32.2. The number of carbonyl (C=O) groups excluding carboxylic acids is 2. The fraction of sp³-hybridized carbons (Fsp3) is 0.370. The minimum atomic E-state index is -4.71. The molecule has 44 heavy (non-hydrogen) atoms. The van der Waals surface area contributed by atoms with Crippen LogP contribution in [0.5, 0.6) is 0 Å². The highest BCUT2D eigenvalue weighted by molar-refractivity contribution is 7.90. The van der Waals surface area contributed by atoms with E-state index in [1.807, 2.05) is 11.6 Å². The van der Waals surface area contributed by atoms with Crippen LogP contribution in [0, 0.1) is 18.0 Å². The standard InChI is InChI=1S/C27H29F3N6O7S/c1-3-25(37)42-17-43-33-36(39)34-14-4-5-20(16-34)26(38)32-44(40,41)22-12-10-21(11-13-22)35-23(15-24(31-35)27(28,29)30)19-8-6-18(2)7-9-19/h6-13,15,20H,3-5,14,16-17H2,1-2H3,(H,32,38)/b36-33+. The molecule has 0 bridgehead atoms. The molecular weight excluding hydrogens is 609 g/mol. The van der Waals surface area contributed by atoms with Crippen molar-refractivity contribution >= 4 is 21.9 Å². The van der Waals surface area contributed by atoms with Gasteiger partial charge in [0.1, 0.15) is 0 Å². The van der Waals surface area contributed by atoms with Gasteiger partial charge in [-0.15, -0.1) is 5.01 Å². The summed E-state index contributed by atoms with van der Waals surface area (Å²) in [6.45, 7) is 2.90. The zero-order valence-electron chi connectivity index (χ0n) is 23.7. The number of halogens is 3. The van der Waals surface area contributed by atoms with Gasteiger partial charge in [-0.25, -0.2) is 17.8 Å². The Bertz CT molecular complexity index is 1620. The van der Waals surface area contributed by atoms with Crippen LogP contribution in [-0.2, 0) is 35.4 Å². The Morgan fingerprint density at radius 3 is 2.48 bits per heavy atom. The smallest absolute Gasteiger partial charge is 0.435 e. The molecule has 4 rings (SSSR count). The maximum absolute atomic E-state index is 13.5. The van der Waals surface area contributed by atoms with E-state index in [0.717, 1.165) is 33.5 Å². The molecular formula is C27H29F3N6O7S. The van der Waals surface area contributed by atoms with Gasteiger partial charge in [-0.2, -0.15) is 18.3 Å². The summed E-state index contributed by atoms with van der Waals surface area (Å²) in [6.07, 6.45) is -3.93. The second-order valence-corrected chi connectivity index (χ2v) is 11.5. The number of aromatic nitrogens is 2. The number of esters is 1. The first-order valence-electron chi connectivity index (χ1n) is 13.4. The average molecular weight is 639 g/mol. The summed E-state index contributed by atoms with van der Waals surface area (Å²) < 4.78 is 74.2. The first-order chi connectivity index (χ1) is 20.8. The molecule has 1 aliphatic rings. The van der Waals surface area contributed by atoms with Gasteiger partial charge in [0.05, 0.1) is 40.3 Å². The largest absolute Gasteiger partial charge is 0.569 e. The van der Waals surface area contributed by atoms with Crippen molar-refractivity contribution in [2.24, 2.45) is 11.2 Å². The van der Waals surface area contributed by atoms with Crippen molar-refractivity contribution in [2.45, 2.75) is 44.2 Å². The molecule has 2 aromatic carbocycles. The van der Waals surface area contributed by atoms with Crippen LogP contribution in [0.1, 0.15) is 37.4 Å². The van der Waals surface area contributed by atoms with Crippen molar-refractivity contribution in [3.63, 3.8) is 0 Å². The van der Waals surface area contributed by atoms with E-state index in [9.17, 15) is 36.4 Å². The summed E-state index contributed by atoms with van der Waals surface area (Å²) in [7, 11) is -4.37. The number of hydrazine groups is 1. The van der Waals surface area contributed by atoms with Gasteiger partial charge in [-0.05, 0) is 50.1 Å². The normalized spacial score (nSPS) is 16.0. The molecule has 0 saturated carbocycles. The van der Waals surface area contributed by atoms with Crippen molar-refractivity contribution in [3.8, 4) is 16.9 Å². The lowest BCUT2D eigenvalue weighted by Gasteiger charge is -2.27. The quantitative estimate of drug-likeness (QED) is 0.0862. The number of hydrogen-bond acceptors (Lipinski definition) is 9. The fourth-order valence-electron chi connectivity index (χ4n) is 4.33. The molecule has 0 spiro atoms. The summed E-state index contributed by atoms with van der Waals surface area (Å²) in [5, 5.41) is 20.3. The second kappa shape index (κ2) is 13.3. The number of sulfonamides is 1. The van der Waals surface area contributed by atoms with Gasteiger partial charge in [0, 0.05) is 12.0 Å². The number of rotatable bonds is 10. The van der Waals surface area contributed by atoms with E-state index in [1.165, 1.54) is 12.1 Å². The third-order valence-corrected chi connectivity index (χ3v) is 8.04. The van der Waals surface area contributed by atoms with Crippen LogP contribution >= 0.6 is 0 Å². The maximum atomic E-state index is 13.5. The topological polar surface area (TPSA) is 158 Å². The highest BCUT2D eigenvalue weighted by Gasteiger charge is 2.36. The van der Waals surface area contributed by atoms with Crippen molar-refractivity contribution in [2.75, 3.05) is 19.9 Å². The molecule has 3 aromatic rings. The predicted octanol–water partition coefficient (Wildman–Crippen LogP) is 4.10. The first-order valence-corrected chi connectivity index (χ1v) is 14.9. The van der Waals surface area contributed by atoms with E-state index in [0.29, 0.717) is 18.4 Å². The number of hydrogen-bond donors (Lipinski definition) is 1. The van der Waals surface area contributed by atoms with Crippen LogP contribution in [-0.4, -0.2) is 59.9 Å². The van der Waals surface area contributed by atoms with Gasteiger partial charge in [-0.1, -0.05) is 36.8 Å². The number of benzene rings is 2. The number of ether oxygens (including phenoxy) is 1. The molecule has 17 heteroatoms. The Balaban J connectivity index is 1.46. The molecule has 1 atom stereocenters. The Kier molecular flexibility index (Phi) is 9.76. The molecule has 1 aromatic heterocycles. The molecule has 1 fully saturated rings. The molecule has 236 valence electrons. The molecule has 1 unspecified atom stereocenters. The molecule has 1 saturated heterocycles. The number of piperidine rings is 1. The summed E-state index contributed by atoms with van der Waals surface area (Å²) >= 11 is 0. The number of alkyl halides is 3. The molecule has 1 amide bonds. The number of nitrogens with zero attached hydrogens (tertiary/aromatic N) is 5.